The number of aromatic amines is 1. The molecule has 0 aliphatic heterocycles. The Morgan fingerprint density at radius 1 is 1.31 bits per heavy atom. The molecule has 0 saturated heterocycles. The third-order valence-electron chi connectivity index (χ3n) is 2.75. The van der Waals surface area contributed by atoms with Crippen LogP contribution >= 0.6 is 0 Å². The number of benzene rings is 1. The van der Waals surface area contributed by atoms with Crippen molar-refractivity contribution in [2.45, 2.75) is 25.8 Å². The Balaban J connectivity index is 2.46. The molecule has 0 aliphatic carbocycles. The molecule has 16 heavy (non-hydrogen) atoms. The van der Waals surface area contributed by atoms with Crippen LogP contribution in [0.4, 0.5) is 8.78 Å². The van der Waals surface area contributed by atoms with E-state index in [9.17, 15) is 8.78 Å². The number of fused-ring (bicyclic) bond motifs is 1. The lowest BCUT2D eigenvalue weighted by atomic mass is 10.0. The van der Waals surface area contributed by atoms with Crippen LogP contribution < -0.4 is 5.73 Å². The number of aryl methyl sites for hydroxylation is 1. The number of rotatable bonds is 3. The fraction of sp³-hybridized carbons (Fsp3) is 0.333. The van der Waals surface area contributed by atoms with Gasteiger partial charge in [-0.05, 0) is 18.6 Å². The molecule has 0 fully saturated rings. The summed E-state index contributed by atoms with van der Waals surface area (Å²) in [7, 11) is 0. The van der Waals surface area contributed by atoms with Crippen LogP contribution in [-0.4, -0.2) is 11.4 Å². The SMILES string of the molecule is Cc1[nH]c2ccccc2c1[C@H](N)CC(F)F. The highest BCUT2D eigenvalue weighted by molar-refractivity contribution is 5.85. The highest BCUT2D eigenvalue weighted by Gasteiger charge is 2.18. The maximum absolute atomic E-state index is 12.3. The lowest BCUT2D eigenvalue weighted by Crippen LogP contribution is -2.14. The molecule has 2 nitrogen and oxygen atoms in total. The fourth-order valence-electron chi connectivity index (χ4n) is 2.09. The number of para-hydroxylation sites is 1. The first kappa shape index (κ1) is 11.1. The number of alkyl halides is 2. The molecule has 86 valence electrons. The van der Waals surface area contributed by atoms with Gasteiger partial charge < -0.3 is 10.7 Å². The normalized spacial score (nSPS) is 13.6. The minimum atomic E-state index is -2.37. The predicted octanol–water partition coefficient (Wildman–Crippen LogP) is 3.13. The van der Waals surface area contributed by atoms with Gasteiger partial charge in [-0.1, -0.05) is 18.2 Å². The molecule has 1 atom stereocenters. The van der Waals surface area contributed by atoms with Crippen LogP contribution in [0.2, 0.25) is 0 Å². The molecule has 0 bridgehead atoms. The molecular formula is C12H14F2N2. The summed E-state index contributed by atoms with van der Waals surface area (Å²) in [6.07, 6.45) is -2.68. The third kappa shape index (κ3) is 1.93. The number of hydrogen-bond acceptors (Lipinski definition) is 1. The van der Waals surface area contributed by atoms with Gasteiger partial charge in [0, 0.05) is 29.1 Å². The molecule has 0 saturated carbocycles. The molecule has 0 unspecified atom stereocenters. The monoisotopic (exact) mass is 224 g/mol. The van der Waals surface area contributed by atoms with E-state index in [0.717, 1.165) is 22.2 Å². The largest absolute Gasteiger partial charge is 0.358 e. The van der Waals surface area contributed by atoms with Crippen molar-refractivity contribution < 1.29 is 8.78 Å². The Morgan fingerprint density at radius 3 is 2.69 bits per heavy atom. The van der Waals surface area contributed by atoms with Crippen molar-refractivity contribution in [3.8, 4) is 0 Å². The van der Waals surface area contributed by atoms with Gasteiger partial charge in [-0.15, -0.1) is 0 Å². The summed E-state index contributed by atoms with van der Waals surface area (Å²) in [5.74, 6) is 0. The van der Waals surface area contributed by atoms with Crippen molar-refractivity contribution in [2.75, 3.05) is 0 Å². The molecule has 1 aromatic heterocycles. The van der Waals surface area contributed by atoms with Crippen molar-refractivity contribution in [1.82, 2.24) is 4.98 Å². The smallest absolute Gasteiger partial charge is 0.240 e. The first-order valence-electron chi connectivity index (χ1n) is 5.20. The Hall–Kier alpha value is -1.42. The van der Waals surface area contributed by atoms with E-state index >= 15 is 0 Å². The Morgan fingerprint density at radius 2 is 2.00 bits per heavy atom. The molecule has 2 aromatic rings. The second-order valence-electron chi connectivity index (χ2n) is 3.94. The van der Waals surface area contributed by atoms with Gasteiger partial charge in [0.2, 0.25) is 6.43 Å². The van der Waals surface area contributed by atoms with Crippen LogP contribution in [0.3, 0.4) is 0 Å². The number of nitrogens with one attached hydrogen (secondary N) is 1. The minimum absolute atomic E-state index is 0.303. The van der Waals surface area contributed by atoms with Gasteiger partial charge >= 0.3 is 0 Å². The van der Waals surface area contributed by atoms with E-state index < -0.39 is 12.5 Å². The molecular weight excluding hydrogens is 210 g/mol. The number of aromatic nitrogens is 1. The summed E-state index contributed by atoms with van der Waals surface area (Å²) in [6.45, 7) is 1.86. The molecule has 2 rings (SSSR count). The first-order valence-corrected chi connectivity index (χ1v) is 5.20. The maximum Gasteiger partial charge on any atom is 0.240 e. The van der Waals surface area contributed by atoms with E-state index in [1.165, 1.54) is 0 Å². The summed E-state index contributed by atoms with van der Waals surface area (Å²) in [5.41, 5.74) is 8.42. The molecule has 0 aliphatic rings. The van der Waals surface area contributed by atoms with Crippen molar-refractivity contribution >= 4 is 10.9 Å². The number of halogens is 2. The average Bonchev–Trinajstić information content (AvgIpc) is 2.52. The summed E-state index contributed by atoms with van der Waals surface area (Å²) in [4.78, 5) is 3.16. The maximum atomic E-state index is 12.3. The Kier molecular flexibility index (Phi) is 2.92. The van der Waals surface area contributed by atoms with Crippen LogP contribution in [0.15, 0.2) is 24.3 Å². The zero-order chi connectivity index (χ0) is 11.7. The fourth-order valence-corrected chi connectivity index (χ4v) is 2.09. The Labute approximate surface area is 92.5 Å². The first-order chi connectivity index (χ1) is 7.59. The van der Waals surface area contributed by atoms with E-state index in [4.69, 9.17) is 5.73 Å². The lowest BCUT2D eigenvalue weighted by Gasteiger charge is -2.11. The van der Waals surface area contributed by atoms with E-state index in [-0.39, 0.29) is 6.42 Å². The van der Waals surface area contributed by atoms with Gasteiger partial charge in [0.1, 0.15) is 0 Å². The predicted molar refractivity (Wildman–Crippen MR) is 60.6 cm³/mol. The summed E-state index contributed by atoms with van der Waals surface area (Å²) >= 11 is 0. The van der Waals surface area contributed by atoms with Crippen LogP contribution in [0.25, 0.3) is 10.9 Å². The topological polar surface area (TPSA) is 41.8 Å². The standard InChI is InChI=1S/C12H14F2N2/c1-7-12(9(15)6-11(13)14)8-4-2-3-5-10(8)16-7/h2-5,9,11,16H,6,15H2,1H3/t9-/m1/s1. The number of nitrogens with two attached hydrogens (primary N) is 1. The molecule has 3 N–H and O–H groups in total. The van der Waals surface area contributed by atoms with E-state index in [2.05, 4.69) is 4.98 Å². The van der Waals surface area contributed by atoms with Gasteiger partial charge in [-0.3, -0.25) is 0 Å². The third-order valence-corrected chi connectivity index (χ3v) is 2.75. The summed E-state index contributed by atoms with van der Waals surface area (Å²) in [6, 6.07) is 6.99. The van der Waals surface area contributed by atoms with E-state index in [1.807, 2.05) is 31.2 Å². The van der Waals surface area contributed by atoms with Gasteiger partial charge in [-0.25, -0.2) is 8.78 Å². The van der Waals surface area contributed by atoms with Crippen molar-refractivity contribution in [2.24, 2.45) is 5.73 Å². The van der Waals surface area contributed by atoms with Gasteiger partial charge in [-0.2, -0.15) is 0 Å². The highest BCUT2D eigenvalue weighted by Crippen LogP contribution is 2.29. The number of H-pyrrole nitrogens is 1. The summed E-state index contributed by atoms with van der Waals surface area (Å²) < 4.78 is 24.6. The van der Waals surface area contributed by atoms with Crippen molar-refractivity contribution in [3.63, 3.8) is 0 Å². The van der Waals surface area contributed by atoms with Crippen LogP contribution in [0.1, 0.15) is 23.7 Å². The van der Waals surface area contributed by atoms with Crippen LogP contribution in [-0.2, 0) is 0 Å². The van der Waals surface area contributed by atoms with Gasteiger partial charge in [0.05, 0.1) is 0 Å². The minimum Gasteiger partial charge on any atom is -0.358 e. The number of hydrogen-bond donors (Lipinski definition) is 2. The van der Waals surface area contributed by atoms with Crippen LogP contribution in [0, 0.1) is 6.92 Å². The molecule has 0 spiro atoms. The molecule has 4 heteroatoms. The van der Waals surface area contributed by atoms with E-state index in [1.54, 1.807) is 0 Å². The molecule has 0 amide bonds. The van der Waals surface area contributed by atoms with Crippen molar-refractivity contribution in [1.29, 1.82) is 0 Å². The summed E-state index contributed by atoms with van der Waals surface area (Å²) in [5, 5.41) is 0.938. The van der Waals surface area contributed by atoms with E-state index in [0.29, 0.717) is 0 Å². The average molecular weight is 224 g/mol. The van der Waals surface area contributed by atoms with Gasteiger partial charge in [0.15, 0.2) is 0 Å². The highest BCUT2D eigenvalue weighted by atomic mass is 19.3. The zero-order valence-electron chi connectivity index (χ0n) is 9.00. The molecule has 0 radical (unpaired) electrons. The lowest BCUT2D eigenvalue weighted by molar-refractivity contribution is 0.128. The second-order valence-corrected chi connectivity index (χ2v) is 3.94. The Bertz CT molecular complexity index is 491. The van der Waals surface area contributed by atoms with Gasteiger partial charge in [0.25, 0.3) is 0 Å². The quantitative estimate of drug-likeness (QED) is 0.826. The van der Waals surface area contributed by atoms with Crippen LogP contribution in [0.5, 0.6) is 0 Å². The second kappa shape index (κ2) is 4.22. The molecule has 1 heterocycles. The molecule has 1 aromatic carbocycles. The van der Waals surface area contributed by atoms with Crippen molar-refractivity contribution in [3.05, 3.63) is 35.5 Å². The zero-order valence-corrected chi connectivity index (χ0v) is 9.00.